The first-order valence-electron chi connectivity index (χ1n) is 5.60. The van der Waals surface area contributed by atoms with Gasteiger partial charge in [-0.3, -0.25) is 0 Å². The molecule has 20 heavy (non-hydrogen) atoms. The van der Waals surface area contributed by atoms with Gasteiger partial charge in [-0.1, -0.05) is 6.07 Å². The topological polar surface area (TPSA) is 28.7 Å². The van der Waals surface area contributed by atoms with Crippen LogP contribution in [0, 0.1) is 13.8 Å². The highest BCUT2D eigenvalue weighted by atomic mass is 19.4. The fraction of sp³-hybridized carbons (Fsp3) is 0.417. The maximum atomic E-state index is 12.6. The molecule has 0 aliphatic carbocycles. The molecule has 0 radical (unpaired) electrons. The van der Waals surface area contributed by atoms with E-state index < -0.39 is 24.1 Å². The normalized spacial score (nSPS) is 13.4. The Hall–Kier alpha value is -1.73. The molecule has 0 unspecified atom stereocenters. The predicted molar refractivity (Wildman–Crippen MR) is 60.4 cm³/mol. The van der Waals surface area contributed by atoms with Crippen LogP contribution in [0.3, 0.4) is 0 Å². The van der Waals surface area contributed by atoms with Gasteiger partial charge in [0.1, 0.15) is 5.82 Å². The standard InChI is InChI=1S/C12H10F6N2/c1-5-3-6(2)8-7(4-5)19-10(20-8)9(11(13,14)15)12(16,17)18/h3-4,9H,1-2H3,(H,19,20). The Morgan fingerprint density at radius 1 is 1.00 bits per heavy atom. The molecule has 1 aromatic carbocycles. The van der Waals surface area contributed by atoms with Crippen LogP contribution in [0.1, 0.15) is 22.9 Å². The minimum Gasteiger partial charge on any atom is -0.341 e. The van der Waals surface area contributed by atoms with Crippen LogP contribution in [0.2, 0.25) is 0 Å². The summed E-state index contributed by atoms with van der Waals surface area (Å²) in [5.41, 5.74) is 1.52. The first-order valence-corrected chi connectivity index (χ1v) is 5.60. The lowest BCUT2D eigenvalue weighted by molar-refractivity contribution is -0.255. The molecule has 1 N–H and O–H groups in total. The molecule has 0 atom stereocenters. The highest BCUT2D eigenvalue weighted by molar-refractivity contribution is 5.79. The van der Waals surface area contributed by atoms with Gasteiger partial charge in [-0.15, -0.1) is 0 Å². The number of aromatic nitrogens is 2. The molecule has 2 aromatic rings. The smallest absolute Gasteiger partial charge is 0.341 e. The summed E-state index contributed by atoms with van der Waals surface area (Å²) >= 11 is 0. The SMILES string of the molecule is Cc1cc(C)c2nc(C(C(F)(F)F)C(F)(F)F)[nH]c2c1. The molecule has 2 nitrogen and oxygen atoms in total. The molecule has 0 fully saturated rings. The van der Waals surface area contributed by atoms with Gasteiger partial charge in [-0.25, -0.2) is 4.98 Å². The quantitative estimate of drug-likeness (QED) is 0.777. The summed E-state index contributed by atoms with van der Waals surface area (Å²) < 4.78 is 75.8. The third-order valence-electron chi connectivity index (χ3n) is 2.87. The molecule has 0 spiro atoms. The molecule has 110 valence electrons. The Kier molecular flexibility index (Phi) is 3.22. The molecule has 0 aliphatic heterocycles. The minimum atomic E-state index is -5.45. The largest absolute Gasteiger partial charge is 0.407 e. The Bertz CT molecular complexity index is 624. The number of aromatic amines is 1. The number of imidazole rings is 1. The predicted octanol–water partition coefficient (Wildman–Crippen LogP) is 4.39. The number of rotatable bonds is 1. The molecule has 2 rings (SSSR count). The Labute approximate surface area is 109 Å². The number of alkyl halides is 6. The van der Waals surface area contributed by atoms with Crippen molar-refractivity contribution in [2.45, 2.75) is 32.1 Å². The number of nitrogens with zero attached hydrogens (tertiary/aromatic N) is 1. The van der Waals surface area contributed by atoms with Crippen molar-refractivity contribution in [1.82, 2.24) is 9.97 Å². The molecule has 0 amide bonds. The summed E-state index contributed by atoms with van der Waals surface area (Å²) in [6.45, 7) is 3.27. The Morgan fingerprint density at radius 3 is 2.05 bits per heavy atom. The molecule has 1 aromatic heterocycles. The molecule has 1 heterocycles. The number of nitrogens with one attached hydrogen (secondary N) is 1. The van der Waals surface area contributed by atoms with E-state index in [0.29, 0.717) is 5.56 Å². The fourth-order valence-electron chi connectivity index (χ4n) is 2.12. The summed E-state index contributed by atoms with van der Waals surface area (Å²) in [5, 5.41) is 0. The summed E-state index contributed by atoms with van der Waals surface area (Å²) in [5.74, 6) is -4.74. The molecule has 0 aliphatic rings. The zero-order chi connectivity index (χ0) is 15.3. The summed E-state index contributed by atoms with van der Waals surface area (Å²) in [7, 11) is 0. The van der Waals surface area contributed by atoms with Crippen LogP contribution >= 0.6 is 0 Å². The Morgan fingerprint density at radius 2 is 1.55 bits per heavy atom. The first kappa shape index (κ1) is 14.7. The maximum Gasteiger partial charge on any atom is 0.407 e. The van der Waals surface area contributed by atoms with Crippen LogP contribution in [-0.2, 0) is 0 Å². The van der Waals surface area contributed by atoms with Crippen molar-refractivity contribution in [2.24, 2.45) is 0 Å². The van der Waals surface area contributed by atoms with E-state index in [1.54, 1.807) is 19.9 Å². The van der Waals surface area contributed by atoms with E-state index in [1.165, 1.54) is 6.07 Å². The van der Waals surface area contributed by atoms with Crippen LogP contribution in [-0.4, -0.2) is 22.3 Å². The van der Waals surface area contributed by atoms with Crippen molar-refractivity contribution in [1.29, 1.82) is 0 Å². The zero-order valence-corrected chi connectivity index (χ0v) is 10.4. The minimum absolute atomic E-state index is 0.115. The van der Waals surface area contributed by atoms with Crippen molar-refractivity contribution in [2.75, 3.05) is 0 Å². The van der Waals surface area contributed by atoms with Gasteiger partial charge in [-0.05, 0) is 31.0 Å². The number of hydrogen-bond donors (Lipinski definition) is 1. The highest BCUT2D eigenvalue weighted by Gasteiger charge is 2.59. The number of H-pyrrole nitrogens is 1. The molecule has 8 heteroatoms. The van der Waals surface area contributed by atoms with Crippen molar-refractivity contribution in [3.8, 4) is 0 Å². The van der Waals surface area contributed by atoms with Crippen LogP contribution in [0.5, 0.6) is 0 Å². The van der Waals surface area contributed by atoms with Gasteiger partial charge in [0.15, 0.2) is 0 Å². The second-order valence-corrected chi connectivity index (χ2v) is 4.62. The van der Waals surface area contributed by atoms with E-state index in [2.05, 4.69) is 9.97 Å². The van der Waals surface area contributed by atoms with Crippen molar-refractivity contribution >= 4 is 11.0 Å². The lowest BCUT2D eigenvalue weighted by atomic mass is 10.1. The van der Waals surface area contributed by atoms with Gasteiger partial charge < -0.3 is 4.98 Å². The Balaban J connectivity index is 2.64. The highest BCUT2D eigenvalue weighted by Crippen LogP contribution is 2.45. The van der Waals surface area contributed by atoms with Gasteiger partial charge in [0, 0.05) is 0 Å². The lowest BCUT2D eigenvalue weighted by Gasteiger charge is -2.20. The average molecular weight is 296 g/mol. The van der Waals surface area contributed by atoms with Gasteiger partial charge >= 0.3 is 12.4 Å². The lowest BCUT2D eigenvalue weighted by Crippen LogP contribution is -2.34. The van der Waals surface area contributed by atoms with Gasteiger partial charge in [0.25, 0.3) is 0 Å². The van der Waals surface area contributed by atoms with Gasteiger partial charge in [0.2, 0.25) is 5.92 Å². The third-order valence-corrected chi connectivity index (χ3v) is 2.87. The van der Waals surface area contributed by atoms with E-state index in [9.17, 15) is 26.3 Å². The van der Waals surface area contributed by atoms with E-state index >= 15 is 0 Å². The number of benzene rings is 1. The average Bonchev–Trinajstić information content (AvgIpc) is 2.55. The van der Waals surface area contributed by atoms with Crippen LogP contribution in [0.15, 0.2) is 12.1 Å². The molecule has 0 saturated carbocycles. The van der Waals surface area contributed by atoms with E-state index in [4.69, 9.17) is 0 Å². The number of aryl methyl sites for hydroxylation is 2. The van der Waals surface area contributed by atoms with E-state index in [-0.39, 0.29) is 11.0 Å². The van der Waals surface area contributed by atoms with Gasteiger partial charge in [0.05, 0.1) is 11.0 Å². The third kappa shape index (κ3) is 2.59. The summed E-state index contributed by atoms with van der Waals surface area (Å²) in [4.78, 5) is 5.63. The molecular formula is C12H10F6N2. The van der Waals surface area contributed by atoms with Crippen molar-refractivity contribution in [3.05, 3.63) is 29.1 Å². The molecular weight excluding hydrogens is 286 g/mol. The van der Waals surface area contributed by atoms with Crippen LogP contribution in [0.25, 0.3) is 11.0 Å². The summed E-state index contributed by atoms with van der Waals surface area (Å²) in [6, 6.07) is 3.10. The molecule has 0 saturated heterocycles. The second kappa shape index (κ2) is 4.39. The van der Waals surface area contributed by atoms with Crippen molar-refractivity contribution < 1.29 is 26.3 Å². The number of halogens is 6. The molecule has 0 bridgehead atoms. The first-order chi connectivity index (χ1) is 9.00. The van der Waals surface area contributed by atoms with E-state index in [1.807, 2.05) is 0 Å². The zero-order valence-electron chi connectivity index (χ0n) is 10.4. The van der Waals surface area contributed by atoms with Crippen molar-refractivity contribution in [3.63, 3.8) is 0 Å². The van der Waals surface area contributed by atoms with E-state index in [0.717, 1.165) is 5.56 Å². The number of hydrogen-bond acceptors (Lipinski definition) is 1. The summed E-state index contributed by atoms with van der Waals surface area (Å²) in [6.07, 6.45) is -10.9. The van der Waals surface area contributed by atoms with Gasteiger partial charge in [-0.2, -0.15) is 26.3 Å². The second-order valence-electron chi connectivity index (χ2n) is 4.62. The van der Waals surface area contributed by atoms with Crippen LogP contribution < -0.4 is 0 Å². The fourth-order valence-corrected chi connectivity index (χ4v) is 2.12. The monoisotopic (exact) mass is 296 g/mol. The number of fused-ring (bicyclic) bond motifs is 1. The van der Waals surface area contributed by atoms with Crippen LogP contribution in [0.4, 0.5) is 26.3 Å². The maximum absolute atomic E-state index is 12.6.